The van der Waals surface area contributed by atoms with Crippen LogP contribution in [-0.2, 0) is 18.2 Å². The summed E-state index contributed by atoms with van der Waals surface area (Å²) >= 11 is 0. The Morgan fingerprint density at radius 3 is 2.27 bits per heavy atom. The molecule has 3 atom stereocenters. The van der Waals surface area contributed by atoms with Crippen LogP contribution in [0, 0.1) is 0 Å². The van der Waals surface area contributed by atoms with Gasteiger partial charge in [-0.05, 0) is 16.1 Å². The zero-order valence-corrected chi connectivity index (χ0v) is 7.42. The van der Waals surface area contributed by atoms with Gasteiger partial charge in [-0.3, -0.25) is 0 Å². The Morgan fingerprint density at radius 2 is 1.91 bits per heavy atom. The monoisotopic (exact) mass is 200 g/mol. The summed E-state index contributed by atoms with van der Waals surface area (Å²) in [5.41, 5.74) is 0. The Balaban J connectivity index is 3.44. The van der Waals surface area contributed by atoms with E-state index in [0.29, 0.717) is 0 Å². The molecule has 0 fully saturated rings. The predicted molar refractivity (Wildman–Crippen MR) is 31.7 cm³/mol. The second-order valence-corrected chi connectivity index (χ2v) is 3.02. The highest BCUT2D eigenvalue weighted by atomic mass is 31.1. The molecule has 0 saturated carbocycles. The van der Waals surface area contributed by atoms with Crippen LogP contribution >= 0.6 is 16.5 Å². The summed E-state index contributed by atoms with van der Waals surface area (Å²) in [7, 11) is -5.88. The first-order valence-electron chi connectivity index (χ1n) is 2.61. The Bertz CT molecular complexity index is 158. The maximum atomic E-state index is 9.86. The van der Waals surface area contributed by atoms with Crippen LogP contribution in [0.3, 0.4) is 0 Å². The van der Waals surface area contributed by atoms with Crippen molar-refractivity contribution < 1.29 is 28.0 Å². The molecule has 11 heavy (non-hydrogen) atoms. The zero-order chi connectivity index (χ0) is 8.85. The largest absolute Gasteiger partial charge is 0.566 e. The van der Waals surface area contributed by atoms with E-state index in [9.17, 15) is 18.9 Å². The van der Waals surface area contributed by atoms with Crippen molar-refractivity contribution in [3.8, 4) is 0 Å². The smallest absolute Gasteiger partial charge is 0.488 e. The predicted octanol–water partition coefficient (Wildman–Crippen LogP) is -0.557. The average Bonchev–Trinajstić information content (AvgIpc) is 1.82. The highest BCUT2D eigenvalue weighted by Gasteiger charge is 2.15. The highest BCUT2D eigenvalue weighted by molar-refractivity contribution is 7.30. The van der Waals surface area contributed by atoms with Gasteiger partial charge in [0, 0.05) is 0 Å². The van der Waals surface area contributed by atoms with E-state index in [4.69, 9.17) is 0 Å². The lowest BCUT2D eigenvalue weighted by atomic mass is 10.5. The van der Waals surface area contributed by atoms with Crippen molar-refractivity contribution in [3.63, 3.8) is 0 Å². The molecule has 0 rings (SSSR count). The van der Waals surface area contributed by atoms with E-state index in [1.807, 2.05) is 0 Å². The van der Waals surface area contributed by atoms with Gasteiger partial charge in [0.1, 0.15) is 12.7 Å². The van der Waals surface area contributed by atoms with Crippen LogP contribution in [0.15, 0.2) is 0 Å². The molecule has 0 aliphatic rings. The molecule has 0 aromatic rings. The standard InChI is InChI=1S/C3H6O6P2/c1-3(9-11(6)7)2-8-10(4)5/h3H,2H2,1H3. The minimum Gasteiger partial charge on any atom is -0.566 e. The van der Waals surface area contributed by atoms with Gasteiger partial charge >= 0.3 is 16.5 Å². The van der Waals surface area contributed by atoms with Crippen LogP contribution in [-0.4, -0.2) is 12.7 Å². The van der Waals surface area contributed by atoms with Gasteiger partial charge in [-0.25, -0.2) is 0 Å². The first kappa shape index (κ1) is 11.0. The fourth-order valence-electron chi connectivity index (χ4n) is 0.343. The van der Waals surface area contributed by atoms with Gasteiger partial charge in [-0.2, -0.15) is 0 Å². The molecular weight excluding hydrogens is 194 g/mol. The maximum Gasteiger partial charge on any atom is 0.488 e. The van der Waals surface area contributed by atoms with Crippen LogP contribution in [0.2, 0.25) is 0 Å². The molecule has 0 heterocycles. The third kappa shape index (κ3) is 7.94. The third-order valence-corrected chi connectivity index (χ3v) is 1.57. The van der Waals surface area contributed by atoms with E-state index < -0.39 is 22.6 Å². The molecule has 6 nitrogen and oxygen atoms in total. The lowest BCUT2D eigenvalue weighted by Crippen LogP contribution is -2.13. The first-order chi connectivity index (χ1) is 5.02. The average molecular weight is 200 g/mol. The maximum absolute atomic E-state index is 9.86. The molecule has 0 saturated heterocycles. The van der Waals surface area contributed by atoms with Gasteiger partial charge < -0.3 is 9.79 Å². The molecule has 0 aliphatic carbocycles. The molecule has 0 amide bonds. The zero-order valence-electron chi connectivity index (χ0n) is 5.63. The summed E-state index contributed by atoms with van der Waals surface area (Å²) in [4.78, 5) is 19.7. The quantitative estimate of drug-likeness (QED) is 0.551. The van der Waals surface area contributed by atoms with Gasteiger partial charge in [-0.1, -0.05) is 0 Å². The van der Waals surface area contributed by atoms with E-state index >= 15 is 0 Å². The van der Waals surface area contributed by atoms with E-state index in [2.05, 4.69) is 9.05 Å². The molecule has 8 heteroatoms. The molecule has 3 unspecified atom stereocenters. The summed E-state index contributed by atoms with van der Waals surface area (Å²) in [6.45, 7) is 1.09. The van der Waals surface area contributed by atoms with E-state index in [1.165, 1.54) is 6.92 Å². The van der Waals surface area contributed by atoms with E-state index in [1.54, 1.807) is 0 Å². The lowest BCUT2D eigenvalue weighted by molar-refractivity contribution is -0.195. The van der Waals surface area contributed by atoms with Crippen LogP contribution in [0.25, 0.3) is 0 Å². The molecule has 0 aliphatic heterocycles. The first-order valence-corrected chi connectivity index (χ1v) is 4.80. The molecule has 64 valence electrons. The second-order valence-electron chi connectivity index (χ2n) is 1.66. The van der Waals surface area contributed by atoms with Crippen LogP contribution < -0.4 is 9.79 Å². The molecule has 0 radical (unpaired) electrons. The third-order valence-electron chi connectivity index (χ3n) is 0.681. The fourth-order valence-corrected chi connectivity index (χ4v) is 1.03. The fraction of sp³-hybridized carbons (Fsp3) is 1.00. The summed E-state index contributed by atoms with van der Waals surface area (Å²) in [5, 5.41) is 0. The SMILES string of the molecule is CC(CO[P+](=O)[O-])O[P+](=O)[O-]. The van der Waals surface area contributed by atoms with Crippen molar-refractivity contribution >= 4 is 16.5 Å². The summed E-state index contributed by atoms with van der Waals surface area (Å²) in [6, 6.07) is 0. The van der Waals surface area contributed by atoms with Crippen LogP contribution in [0.5, 0.6) is 0 Å². The molecule has 0 N–H and O–H groups in total. The van der Waals surface area contributed by atoms with Gasteiger partial charge in [0.15, 0.2) is 0 Å². The minimum atomic E-state index is -2.95. The molecule has 0 spiro atoms. The van der Waals surface area contributed by atoms with Crippen molar-refractivity contribution in [2.24, 2.45) is 0 Å². The number of rotatable bonds is 5. The Kier molecular flexibility index (Phi) is 5.68. The Hall–Kier alpha value is 0.0400. The van der Waals surface area contributed by atoms with Gasteiger partial charge in [0.2, 0.25) is 0 Å². The van der Waals surface area contributed by atoms with Crippen LogP contribution in [0.4, 0.5) is 0 Å². The highest BCUT2D eigenvalue weighted by Crippen LogP contribution is 2.16. The van der Waals surface area contributed by atoms with Gasteiger partial charge in [0.25, 0.3) is 0 Å². The molecular formula is C3H6O6P2. The Morgan fingerprint density at radius 1 is 1.36 bits per heavy atom. The second kappa shape index (κ2) is 5.66. The van der Waals surface area contributed by atoms with E-state index in [0.717, 1.165) is 0 Å². The van der Waals surface area contributed by atoms with Crippen molar-refractivity contribution in [1.82, 2.24) is 0 Å². The van der Waals surface area contributed by atoms with Gasteiger partial charge in [0.05, 0.1) is 0 Å². The number of hydrogen-bond acceptors (Lipinski definition) is 6. The summed E-state index contributed by atoms with van der Waals surface area (Å²) in [6.07, 6.45) is -0.774. The van der Waals surface area contributed by atoms with Crippen molar-refractivity contribution in [1.29, 1.82) is 0 Å². The molecule has 0 aromatic carbocycles. The summed E-state index contributed by atoms with van der Waals surface area (Å²) < 4.78 is 27.9. The molecule has 0 aromatic heterocycles. The van der Waals surface area contributed by atoms with E-state index in [-0.39, 0.29) is 6.61 Å². The van der Waals surface area contributed by atoms with Crippen LogP contribution in [0.1, 0.15) is 6.92 Å². The van der Waals surface area contributed by atoms with Crippen molar-refractivity contribution in [2.45, 2.75) is 13.0 Å². The summed E-state index contributed by atoms with van der Waals surface area (Å²) in [5.74, 6) is 0. The Labute approximate surface area is 65.0 Å². The minimum absolute atomic E-state index is 0.290. The van der Waals surface area contributed by atoms with Gasteiger partial charge in [-0.15, -0.1) is 9.05 Å². The lowest BCUT2D eigenvalue weighted by Gasteiger charge is -1.99. The topological polar surface area (TPSA) is 98.7 Å². The van der Waals surface area contributed by atoms with Crippen molar-refractivity contribution in [2.75, 3.05) is 6.61 Å². The normalized spacial score (nSPS) is 15.9. The number of hydrogen-bond donors (Lipinski definition) is 0. The van der Waals surface area contributed by atoms with Crippen molar-refractivity contribution in [3.05, 3.63) is 0 Å². The molecule has 0 bridgehead atoms.